The number of allylic oxidation sites excluding steroid dienone is 1. The fourth-order valence-electron chi connectivity index (χ4n) is 14.6. The molecule has 330 valence electrons. The molecule has 58 heavy (non-hydrogen) atoms. The Morgan fingerprint density at radius 3 is 2.16 bits per heavy atom. The van der Waals surface area contributed by atoms with Gasteiger partial charge in [0.05, 0.1) is 43.7 Å². The quantitative estimate of drug-likeness (QED) is 0.112. The second-order valence-corrected chi connectivity index (χ2v) is 21.5. The van der Waals surface area contributed by atoms with Crippen LogP contribution in [0.15, 0.2) is 12.2 Å². The molecule has 8 rings (SSSR count). The van der Waals surface area contributed by atoms with Crippen LogP contribution in [0.1, 0.15) is 107 Å². The van der Waals surface area contributed by atoms with Gasteiger partial charge in [0.2, 0.25) is 0 Å². The summed E-state index contributed by atoms with van der Waals surface area (Å²) in [6.45, 7) is 16.4. The van der Waals surface area contributed by atoms with Crippen molar-refractivity contribution in [3.8, 4) is 0 Å². The zero-order valence-corrected chi connectivity index (χ0v) is 35.6. The number of esters is 1. The molecule has 7 fully saturated rings. The monoisotopic (exact) mass is 822 g/mol. The van der Waals surface area contributed by atoms with Gasteiger partial charge in [0.15, 0.2) is 18.7 Å². The van der Waals surface area contributed by atoms with E-state index in [1.165, 1.54) is 0 Å². The SMILES string of the molecule is CC(=O)O[C@@H]1[C@@H](O)[C@H](O[C@H]2[C@@H](O)[C@@H](C)O[C@@H](O[C@H]3CC[C@@]4(C)[C@@H](CC[C@]5(C)[C@@H]4C=CC46OCC7(CCC(C)(C)C[C@H]74)[C@H](O)C[C@]65C)[C@]3(C)CO)[C@@H]2O)O[C@H](CO)[C@H]1O. The summed E-state index contributed by atoms with van der Waals surface area (Å²) >= 11 is 0. The van der Waals surface area contributed by atoms with Crippen molar-refractivity contribution in [2.24, 2.45) is 50.2 Å². The second-order valence-electron chi connectivity index (χ2n) is 21.5. The van der Waals surface area contributed by atoms with Crippen molar-refractivity contribution >= 4 is 5.97 Å². The first kappa shape index (κ1) is 43.4. The number of carbonyl (C=O) groups excluding carboxylic acids is 1. The molecule has 8 aliphatic rings. The van der Waals surface area contributed by atoms with Crippen LogP contribution in [0.4, 0.5) is 0 Å². The minimum absolute atomic E-state index is 0.0245. The van der Waals surface area contributed by atoms with E-state index in [1.54, 1.807) is 6.92 Å². The van der Waals surface area contributed by atoms with Crippen molar-refractivity contribution in [1.29, 1.82) is 0 Å². The van der Waals surface area contributed by atoms with Crippen molar-refractivity contribution < 1.29 is 69.0 Å². The van der Waals surface area contributed by atoms with Gasteiger partial charge in [0.1, 0.15) is 36.6 Å². The van der Waals surface area contributed by atoms with Crippen molar-refractivity contribution in [3.05, 3.63) is 12.2 Å². The summed E-state index contributed by atoms with van der Waals surface area (Å²) in [5.41, 5.74) is -1.99. The van der Waals surface area contributed by atoms with Gasteiger partial charge < -0.3 is 64.2 Å². The first-order valence-corrected chi connectivity index (χ1v) is 21.8. The van der Waals surface area contributed by atoms with Gasteiger partial charge in [-0.05, 0) is 86.4 Å². The standard InChI is InChI=1S/C44H70O14/c1-22-30(49)34(58-37-33(52)35(55-23(2)47)31(50)24(19-45)56-37)32(51)36(54-22)57-29-11-12-39(5)25(40(29,6)20-46)9-13-41(7)26(39)10-14-44-27-17-38(3,4)15-16-43(27,21-53-44)28(48)18-42(41,44)8/h10,14,22,24-37,45-46,48-52H,9,11-13,15-21H2,1-8H3/t22-,24-,25-,26-,27-,28-,29+,30+,31-,32-,33-,34+,35+,36+,37+,39+,40+,41-,42+,43?,44?/m1/s1. The van der Waals surface area contributed by atoms with Crippen LogP contribution in [0.25, 0.3) is 0 Å². The zero-order valence-electron chi connectivity index (χ0n) is 35.6. The van der Waals surface area contributed by atoms with Crippen molar-refractivity contribution in [2.45, 2.75) is 186 Å². The van der Waals surface area contributed by atoms with E-state index in [2.05, 4.69) is 53.7 Å². The summed E-state index contributed by atoms with van der Waals surface area (Å²) in [6, 6.07) is 0. The Labute approximate surface area is 342 Å². The Balaban J connectivity index is 1.04. The first-order valence-electron chi connectivity index (χ1n) is 21.8. The molecule has 2 unspecified atom stereocenters. The van der Waals surface area contributed by atoms with Gasteiger partial charge in [-0.15, -0.1) is 0 Å². The molecule has 7 N–H and O–H groups in total. The van der Waals surface area contributed by atoms with Crippen LogP contribution in [-0.2, 0) is 33.2 Å². The summed E-state index contributed by atoms with van der Waals surface area (Å²) in [7, 11) is 0. The normalized spacial score (nSPS) is 57.1. The van der Waals surface area contributed by atoms with Crippen LogP contribution in [0.2, 0.25) is 0 Å². The molecule has 3 heterocycles. The van der Waals surface area contributed by atoms with Crippen LogP contribution in [-0.4, -0.2) is 141 Å². The highest BCUT2D eigenvalue weighted by Crippen LogP contribution is 2.79. The number of aliphatic hydroxyl groups is 7. The average molecular weight is 823 g/mol. The fourth-order valence-corrected chi connectivity index (χ4v) is 14.6. The molecular weight excluding hydrogens is 752 g/mol. The van der Waals surface area contributed by atoms with Crippen molar-refractivity contribution in [3.63, 3.8) is 0 Å². The lowest BCUT2D eigenvalue weighted by atomic mass is 9.32. The summed E-state index contributed by atoms with van der Waals surface area (Å²) in [5.74, 6) is -0.369. The highest BCUT2D eigenvalue weighted by molar-refractivity contribution is 5.66. The molecule has 0 aromatic rings. The molecule has 14 heteroatoms. The highest BCUT2D eigenvalue weighted by atomic mass is 16.7. The van der Waals surface area contributed by atoms with Gasteiger partial charge >= 0.3 is 5.97 Å². The second kappa shape index (κ2) is 14.4. The van der Waals surface area contributed by atoms with E-state index >= 15 is 0 Å². The van der Waals surface area contributed by atoms with Crippen LogP contribution < -0.4 is 0 Å². The third-order valence-electron chi connectivity index (χ3n) is 18.2. The topological polar surface area (TPSA) is 214 Å². The minimum Gasteiger partial charge on any atom is -0.457 e. The molecule has 0 radical (unpaired) electrons. The zero-order chi connectivity index (χ0) is 42.2. The maximum atomic E-state index is 12.2. The van der Waals surface area contributed by atoms with E-state index in [1.807, 2.05) is 0 Å². The van der Waals surface area contributed by atoms with Crippen LogP contribution in [0, 0.1) is 50.2 Å². The van der Waals surface area contributed by atoms with Gasteiger partial charge in [-0.1, -0.05) is 53.7 Å². The Bertz CT molecular complexity index is 1610. The van der Waals surface area contributed by atoms with Crippen LogP contribution in [0.3, 0.4) is 0 Å². The fraction of sp³-hybridized carbons (Fsp3) is 0.932. The number of aliphatic hydroxyl groups excluding tert-OH is 7. The molecule has 3 saturated heterocycles. The summed E-state index contributed by atoms with van der Waals surface area (Å²) in [5, 5.41) is 77.9. The molecular formula is C44H70O14. The van der Waals surface area contributed by atoms with Crippen LogP contribution in [0.5, 0.6) is 0 Å². The maximum Gasteiger partial charge on any atom is 0.303 e. The predicted molar refractivity (Wildman–Crippen MR) is 206 cm³/mol. The molecule has 2 bridgehead atoms. The Hall–Kier alpha value is -1.27. The number of rotatable bonds is 7. The van der Waals surface area contributed by atoms with E-state index < -0.39 is 97.2 Å². The van der Waals surface area contributed by atoms with E-state index in [0.29, 0.717) is 19.4 Å². The number of hydrogen-bond acceptors (Lipinski definition) is 14. The smallest absolute Gasteiger partial charge is 0.303 e. The predicted octanol–water partition coefficient (Wildman–Crippen LogP) is 2.35. The highest BCUT2D eigenvalue weighted by Gasteiger charge is 2.79. The number of carbonyl (C=O) groups is 1. The molecule has 0 aromatic carbocycles. The lowest BCUT2D eigenvalue weighted by Crippen LogP contribution is -2.72. The third-order valence-corrected chi connectivity index (χ3v) is 18.2. The maximum absolute atomic E-state index is 12.2. The molecule has 21 atom stereocenters. The van der Waals surface area contributed by atoms with Gasteiger partial charge in [-0.2, -0.15) is 0 Å². The minimum atomic E-state index is -1.72. The summed E-state index contributed by atoms with van der Waals surface area (Å²) < 4.78 is 36.6. The lowest BCUT2D eigenvalue weighted by molar-refractivity contribution is -0.367. The lowest BCUT2D eigenvalue weighted by Gasteiger charge is -2.73. The van der Waals surface area contributed by atoms with Gasteiger partial charge in [0.25, 0.3) is 0 Å². The number of fused-ring (bicyclic) bond motifs is 4. The third kappa shape index (κ3) is 5.89. The Morgan fingerprint density at radius 1 is 0.793 bits per heavy atom. The largest absolute Gasteiger partial charge is 0.457 e. The van der Waals surface area contributed by atoms with Gasteiger partial charge in [-0.25, -0.2) is 0 Å². The van der Waals surface area contributed by atoms with Crippen LogP contribution >= 0.6 is 0 Å². The molecule has 1 spiro atoms. The van der Waals surface area contributed by atoms with E-state index in [4.69, 9.17) is 28.4 Å². The van der Waals surface area contributed by atoms with Gasteiger partial charge in [0, 0.05) is 29.1 Å². The molecule has 3 aliphatic heterocycles. The van der Waals surface area contributed by atoms with E-state index in [9.17, 15) is 40.5 Å². The molecule has 0 aromatic heterocycles. The molecule has 4 saturated carbocycles. The summed E-state index contributed by atoms with van der Waals surface area (Å²) in [6.07, 6.45) is -3.53. The Kier molecular flexibility index (Phi) is 10.8. The Morgan fingerprint density at radius 2 is 1.48 bits per heavy atom. The number of hydrogen-bond donors (Lipinski definition) is 7. The van der Waals surface area contributed by atoms with Crippen molar-refractivity contribution in [1.82, 2.24) is 0 Å². The molecule has 5 aliphatic carbocycles. The number of ether oxygens (including phenoxy) is 6. The van der Waals surface area contributed by atoms with E-state index in [0.717, 1.165) is 45.4 Å². The van der Waals surface area contributed by atoms with Gasteiger partial charge in [-0.3, -0.25) is 4.79 Å². The molecule has 0 amide bonds. The average Bonchev–Trinajstić information content (AvgIpc) is 3.44. The summed E-state index contributed by atoms with van der Waals surface area (Å²) in [4.78, 5) is 11.8. The molecule has 14 nitrogen and oxygen atoms in total. The van der Waals surface area contributed by atoms with Crippen molar-refractivity contribution in [2.75, 3.05) is 19.8 Å². The first-order chi connectivity index (χ1) is 27.1. The van der Waals surface area contributed by atoms with E-state index in [-0.39, 0.29) is 51.4 Å².